The summed E-state index contributed by atoms with van der Waals surface area (Å²) in [4.78, 5) is 22.3. The zero-order valence-electron chi connectivity index (χ0n) is 12.3. The highest BCUT2D eigenvalue weighted by molar-refractivity contribution is 5.71. The Bertz CT molecular complexity index is 436. The Morgan fingerprint density at radius 1 is 1.05 bits per heavy atom. The Labute approximate surface area is 120 Å². The highest BCUT2D eigenvalue weighted by Crippen LogP contribution is 2.15. The maximum atomic E-state index is 11.1. The standard InChI is InChI=1S/C16H22O4/c1-4-15(17)19-12(3)6-7-13-8-10-14(11-9-13)20-16(18)5-2/h8-12H,4-7H2,1-3H3. The highest BCUT2D eigenvalue weighted by Gasteiger charge is 2.08. The lowest BCUT2D eigenvalue weighted by Crippen LogP contribution is -2.14. The summed E-state index contributed by atoms with van der Waals surface area (Å²) in [5, 5.41) is 0. The number of rotatable bonds is 7. The van der Waals surface area contributed by atoms with Crippen LogP contribution in [-0.4, -0.2) is 18.0 Å². The second-order valence-electron chi connectivity index (χ2n) is 4.66. The fourth-order valence-corrected chi connectivity index (χ4v) is 1.66. The number of esters is 2. The molecule has 0 bridgehead atoms. The molecule has 1 aromatic rings. The molecule has 1 aromatic carbocycles. The van der Waals surface area contributed by atoms with Gasteiger partial charge in [-0.15, -0.1) is 0 Å². The smallest absolute Gasteiger partial charge is 0.310 e. The van der Waals surface area contributed by atoms with E-state index in [0.29, 0.717) is 18.6 Å². The molecule has 0 saturated carbocycles. The molecule has 0 heterocycles. The van der Waals surface area contributed by atoms with Gasteiger partial charge in [-0.3, -0.25) is 9.59 Å². The minimum atomic E-state index is -0.238. The van der Waals surface area contributed by atoms with Crippen LogP contribution in [0.15, 0.2) is 24.3 Å². The molecule has 1 atom stereocenters. The summed E-state index contributed by atoms with van der Waals surface area (Å²) in [5.74, 6) is 0.156. The molecule has 20 heavy (non-hydrogen) atoms. The highest BCUT2D eigenvalue weighted by atomic mass is 16.5. The average molecular weight is 278 g/mol. The minimum absolute atomic E-state index is 0.0833. The molecule has 110 valence electrons. The lowest BCUT2D eigenvalue weighted by Gasteiger charge is -2.12. The van der Waals surface area contributed by atoms with Crippen molar-refractivity contribution in [1.29, 1.82) is 0 Å². The second kappa shape index (κ2) is 8.35. The zero-order valence-corrected chi connectivity index (χ0v) is 12.3. The number of carbonyl (C=O) groups is 2. The van der Waals surface area contributed by atoms with Gasteiger partial charge in [-0.1, -0.05) is 26.0 Å². The van der Waals surface area contributed by atoms with E-state index in [1.165, 1.54) is 0 Å². The van der Waals surface area contributed by atoms with Crippen molar-refractivity contribution in [2.45, 2.75) is 52.6 Å². The lowest BCUT2D eigenvalue weighted by atomic mass is 10.1. The van der Waals surface area contributed by atoms with Gasteiger partial charge in [0.1, 0.15) is 5.75 Å². The van der Waals surface area contributed by atoms with Crippen LogP contribution in [0.2, 0.25) is 0 Å². The largest absolute Gasteiger partial charge is 0.463 e. The topological polar surface area (TPSA) is 52.6 Å². The summed E-state index contributed by atoms with van der Waals surface area (Å²) in [5.41, 5.74) is 1.13. The van der Waals surface area contributed by atoms with E-state index < -0.39 is 0 Å². The van der Waals surface area contributed by atoms with Gasteiger partial charge in [0.25, 0.3) is 0 Å². The van der Waals surface area contributed by atoms with Crippen LogP contribution in [-0.2, 0) is 20.7 Å². The van der Waals surface area contributed by atoms with Crippen molar-refractivity contribution in [2.75, 3.05) is 0 Å². The van der Waals surface area contributed by atoms with E-state index in [1.54, 1.807) is 26.0 Å². The lowest BCUT2D eigenvalue weighted by molar-refractivity contribution is -0.148. The van der Waals surface area contributed by atoms with E-state index in [1.807, 2.05) is 19.1 Å². The van der Waals surface area contributed by atoms with Crippen LogP contribution in [0.4, 0.5) is 0 Å². The first-order valence-electron chi connectivity index (χ1n) is 7.04. The van der Waals surface area contributed by atoms with Gasteiger partial charge in [0, 0.05) is 12.8 Å². The van der Waals surface area contributed by atoms with Crippen LogP contribution in [0.3, 0.4) is 0 Å². The van der Waals surface area contributed by atoms with Gasteiger partial charge in [-0.05, 0) is 37.5 Å². The van der Waals surface area contributed by atoms with E-state index in [0.717, 1.165) is 18.4 Å². The van der Waals surface area contributed by atoms with Crippen molar-refractivity contribution in [1.82, 2.24) is 0 Å². The zero-order chi connectivity index (χ0) is 15.0. The first-order chi connectivity index (χ1) is 9.55. The molecule has 1 rings (SSSR count). The molecule has 0 aromatic heterocycles. The van der Waals surface area contributed by atoms with Gasteiger partial charge >= 0.3 is 11.9 Å². The third-order valence-corrected chi connectivity index (χ3v) is 2.90. The predicted octanol–water partition coefficient (Wildman–Crippen LogP) is 3.28. The first kappa shape index (κ1) is 16.2. The maximum Gasteiger partial charge on any atom is 0.310 e. The Kier molecular flexibility index (Phi) is 6.77. The number of aryl methyl sites for hydroxylation is 1. The van der Waals surface area contributed by atoms with Crippen LogP contribution in [0.5, 0.6) is 5.75 Å². The third-order valence-electron chi connectivity index (χ3n) is 2.90. The Morgan fingerprint density at radius 2 is 1.65 bits per heavy atom. The van der Waals surface area contributed by atoms with Crippen LogP contribution < -0.4 is 4.74 Å². The van der Waals surface area contributed by atoms with E-state index >= 15 is 0 Å². The van der Waals surface area contributed by atoms with Crippen molar-refractivity contribution < 1.29 is 19.1 Å². The first-order valence-corrected chi connectivity index (χ1v) is 7.04. The predicted molar refractivity (Wildman–Crippen MR) is 76.5 cm³/mol. The van der Waals surface area contributed by atoms with Crippen molar-refractivity contribution in [3.8, 4) is 5.75 Å². The van der Waals surface area contributed by atoms with Gasteiger partial charge in [0.05, 0.1) is 6.10 Å². The number of carbonyl (C=O) groups excluding carboxylic acids is 2. The van der Waals surface area contributed by atoms with Crippen molar-refractivity contribution in [2.24, 2.45) is 0 Å². The van der Waals surface area contributed by atoms with Crippen LogP contribution in [0, 0.1) is 0 Å². The molecular formula is C16H22O4. The summed E-state index contributed by atoms with van der Waals surface area (Å²) >= 11 is 0. The summed E-state index contributed by atoms with van der Waals surface area (Å²) in [6.07, 6.45) is 2.28. The molecule has 0 radical (unpaired) electrons. The van der Waals surface area contributed by atoms with Gasteiger partial charge in [0.2, 0.25) is 0 Å². The Hall–Kier alpha value is -1.84. The Balaban J connectivity index is 2.41. The van der Waals surface area contributed by atoms with Gasteiger partial charge in [-0.2, -0.15) is 0 Å². The summed E-state index contributed by atoms with van der Waals surface area (Å²) in [7, 11) is 0. The molecule has 0 saturated heterocycles. The van der Waals surface area contributed by atoms with Crippen LogP contribution in [0.25, 0.3) is 0 Å². The maximum absolute atomic E-state index is 11.1. The van der Waals surface area contributed by atoms with Crippen LogP contribution >= 0.6 is 0 Å². The number of benzene rings is 1. The molecule has 0 fully saturated rings. The third kappa shape index (κ3) is 5.87. The average Bonchev–Trinajstić information content (AvgIpc) is 2.46. The summed E-state index contributed by atoms with van der Waals surface area (Å²) in [6, 6.07) is 7.41. The SMILES string of the molecule is CCC(=O)Oc1ccc(CCC(C)OC(=O)CC)cc1. The van der Waals surface area contributed by atoms with Crippen molar-refractivity contribution >= 4 is 11.9 Å². The summed E-state index contributed by atoms with van der Waals surface area (Å²) < 4.78 is 10.3. The minimum Gasteiger partial charge on any atom is -0.463 e. The molecule has 4 heteroatoms. The second-order valence-corrected chi connectivity index (χ2v) is 4.66. The van der Waals surface area contributed by atoms with Crippen molar-refractivity contribution in [3.05, 3.63) is 29.8 Å². The quantitative estimate of drug-likeness (QED) is 0.567. The van der Waals surface area contributed by atoms with Crippen LogP contribution in [0.1, 0.15) is 45.6 Å². The van der Waals surface area contributed by atoms with Crippen molar-refractivity contribution in [3.63, 3.8) is 0 Å². The number of hydrogen-bond acceptors (Lipinski definition) is 4. The number of hydrogen-bond donors (Lipinski definition) is 0. The molecule has 0 aliphatic rings. The monoisotopic (exact) mass is 278 g/mol. The van der Waals surface area contributed by atoms with Gasteiger partial charge in [0.15, 0.2) is 0 Å². The molecule has 0 aliphatic carbocycles. The molecule has 0 N–H and O–H groups in total. The molecule has 0 aliphatic heterocycles. The van der Waals surface area contributed by atoms with E-state index in [9.17, 15) is 9.59 Å². The van der Waals surface area contributed by atoms with E-state index in [2.05, 4.69) is 0 Å². The van der Waals surface area contributed by atoms with E-state index in [4.69, 9.17) is 9.47 Å². The molecule has 1 unspecified atom stereocenters. The fraction of sp³-hybridized carbons (Fsp3) is 0.500. The fourth-order valence-electron chi connectivity index (χ4n) is 1.66. The molecule has 0 amide bonds. The molecule has 4 nitrogen and oxygen atoms in total. The molecule has 0 spiro atoms. The Morgan fingerprint density at radius 3 is 2.20 bits per heavy atom. The molecular weight excluding hydrogens is 256 g/mol. The normalized spacial score (nSPS) is 11.8. The number of ether oxygens (including phenoxy) is 2. The van der Waals surface area contributed by atoms with E-state index in [-0.39, 0.29) is 18.0 Å². The van der Waals surface area contributed by atoms with Gasteiger partial charge in [-0.25, -0.2) is 0 Å². The van der Waals surface area contributed by atoms with Gasteiger partial charge < -0.3 is 9.47 Å². The summed E-state index contributed by atoms with van der Waals surface area (Å²) in [6.45, 7) is 5.44.